The molecule has 1 fully saturated rings. The fourth-order valence-electron chi connectivity index (χ4n) is 3.24. The summed E-state index contributed by atoms with van der Waals surface area (Å²) in [6.07, 6.45) is 1.99. The Balaban J connectivity index is 1.44. The lowest BCUT2D eigenvalue weighted by Gasteiger charge is -2.35. The van der Waals surface area contributed by atoms with Gasteiger partial charge in [0, 0.05) is 43.3 Å². The van der Waals surface area contributed by atoms with E-state index in [0.717, 1.165) is 30.2 Å². The van der Waals surface area contributed by atoms with E-state index in [1.807, 2.05) is 48.7 Å². The second-order valence-corrected chi connectivity index (χ2v) is 8.02. The number of amides is 3. The number of rotatable bonds is 6. The van der Waals surface area contributed by atoms with Gasteiger partial charge < -0.3 is 15.5 Å². The van der Waals surface area contributed by atoms with Crippen LogP contribution in [0.3, 0.4) is 0 Å². The third-order valence-electron chi connectivity index (χ3n) is 4.98. The Morgan fingerprint density at radius 2 is 1.76 bits per heavy atom. The first-order valence-corrected chi connectivity index (χ1v) is 11.0. The molecule has 1 aliphatic heterocycles. The van der Waals surface area contributed by atoms with Gasteiger partial charge in [-0.1, -0.05) is 36.4 Å². The predicted molar refractivity (Wildman–Crippen MR) is 118 cm³/mol. The fraction of sp³-hybridized carbons (Fsp3) is 0.364. The van der Waals surface area contributed by atoms with Gasteiger partial charge in [0.25, 0.3) is 0 Å². The van der Waals surface area contributed by atoms with E-state index in [1.165, 1.54) is 5.56 Å². The van der Waals surface area contributed by atoms with Gasteiger partial charge in [-0.05, 0) is 36.9 Å². The third-order valence-corrected chi connectivity index (χ3v) is 5.70. The minimum absolute atomic E-state index is 0.190. The Morgan fingerprint density at radius 1 is 1.03 bits per heavy atom. The van der Waals surface area contributed by atoms with Crippen LogP contribution in [0.25, 0.3) is 0 Å². The molecule has 6 nitrogen and oxygen atoms in total. The molecule has 3 amide bonds. The van der Waals surface area contributed by atoms with Crippen molar-refractivity contribution >= 4 is 29.4 Å². The molecule has 154 valence electrons. The van der Waals surface area contributed by atoms with Crippen LogP contribution < -0.4 is 10.6 Å². The van der Waals surface area contributed by atoms with Crippen LogP contribution in [0.1, 0.15) is 12.5 Å². The smallest absolute Gasteiger partial charge is 0.318 e. The Kier molecular flexibility index (Phi) is 7.55. The zero-order valence-electron chi connectivity index (χ0n) is 16.9. The number of benzene rings is 2. The zero-order valence-corrected chi connectivity index (χ0v) is 17.7. The maximum absolute atomic E-state index is 12.5. The zero-order chi connectivity index (χ0) is 20.6. The first-order valence-electron chi connectivity index (χ1n) is 9.82. The number of urea groups is 1. The summed E-state index contributed by atoms with van der Waals surface area (Å²) >= 11 is 1.62. The molecule has 1 atom stereocenters. The van der Waals surface area contributed by atoms with Crippen LogP contribution in [-0.2, 0) is 11.3 Å². The SMILES string of the molecule is CSc1cccc(NC(=O)[C@H](C)NC(=O)N2CCN(Cc3ccccc3)CC2)c1. The van der Waals surface area contributed by atoms with Crippen LogP contribution in [0.4, 0.5) is 10.5 Å². The molecule has 29 heavy (non-hydrogen) atoms. The van der Waals surface area contributed by atoms with Crippen LogP contribution in [0.2, 0.25) is 0 Å². The van der Waals surface area contributed by atoms with Crippen molar-refractivity contribution in [3.05, 3.63) is 60.2 Å². The molecular weight excluding hydrogens is 384 g/mol. The molecule has 1 heterocycles. The van der Waals surface area contributed by atoms with Crippen LogP contribution in [0.15, 0.2) is 59.5 Å². The largest absolute Gasteiger partial charge is 0.326 e. The summed E-state index contributed by atoms with van der Waals surface area (Å²) in [5, 5.41) is 5.68. The van der Waals surface area contributed by atoms with E-state index in [1.54, 1.807) is 23.6 Å². The molecule has 0 spiro atoms. The molecule has 3 rings (SSSR count). The summed E-state index contributed by atoms with van der Waals surface area (Å²) in [6.45, 7) is 5.56. The van der Waals surface area contributed by atoms with Gasteiger partial charge in [0.1, 0.15) is 6.04 Å². The molecule has 1 saturated heterocycles. The maximum Gasteiger partial charge on any atom is 0.318 e. The maximum atomic E-state index is 12.5. The lowest BCUT2D eigenvalue weighted by Crippen LogP contribution is -2.54. The van der Waals surface area contributed by atoms with Crippen molar-refractivity contribution < 1.29 is 9.59 Å². The molecule has 1 aliphatic rings. The quantitative estimate of drug-likeness (QED) is 0.715. The van der Waals surface area contributed by atoms with Gasteiger partial charge in [0.15, 0.2) is 0 Å². The normalized spacial score (nSPS) is 15.6. The van der Waals surface area contributed by atoms with Crippen molar-refractivity contribution in [2.45, 2.75) is 24.4 Å². The second kappa shape index (κ2) is 10.3. The molecule has 0 saturated carbocycles. The number of carbonyl (C=O) groups is 2. The van der Waals surface area contributed by atoms with E-state index in [-0.39, 0.29) is 11.9 Å². The van der Waals surface area contributed by atoms with Gasteiger partial charge in [-0.25, -0.2) is 4.79 Å². The van der Waals surface area contributed by atoms with Gasteiger partial charge in [0.2, 0.25) is 5.91 Å². The highest BCUT2D eigenvalue weighted by Crippen LogP contribution is 2.19. The number of anilines is 1. The fourth-order valence-corrected chi connectivity index (χ4v) is 3.70. The summed E-state index contributed by atoms with van der Waals surface area (Å²) in [5.41, 5.74) is 2.01. The first-order chi connectivity index (χ1) is 14.0. The number of piperazine rings is 1. The molecular formula is C22H28N4O2S. The van der Waals surface area contributed by atoms with Crippen LogP contribution in [0.5, 0.6) is 0 Å². The highest BCUT2D eigenvalue weighted by molar-refractivity contribution is 7.98. The second-order valence-electron chi connectivity index (χ2n) is 7.14. The molecule has 2 aromatic carbocycles. The van der Waals surface area contributed by atoms with E-state index in [4.69, 9.17) is 0 Å². The number of hydrogen-bond donors (Lipinski definition) is 2. The molecule has 0 unspecified atom stereocenters. The highest BCUT2D eigenvalue weighted by atomic mass is 32.2. The van der Waals surface area contributed by atoms with Crippen LogP contribution in [-0.4, -0.2) is 60.2 Å². The Hall–Kier alpha value is -2.51. The van der Waals surface area contributed by atoms with Gasteiger partial charge in [-0.15, -0.1) is 11.8 Å². The average molecular weight is 413 g/mol. The van der Waals surface area contributed by atoms with Crippen molar-refractivity contribution in [2.24, 2.45) is 0 Å². The van der Waals surface area contributed by atoms with Crippen LogP contribution in [0, 0.1) is 0 Å². The molecule has 2 N–H and O–H groups in total. The number of nitrogens with zero attached hydrogens (tertiary/aromatic N) is 2. The van der Waals surface area contributed by atoms with E-state index in [2.05, 4.69) is 27.7 Å². The Morgan fingerprint density at radius 3 is 2.45 bits per heavy atom. The van der Waals surface area contributed by atoms with Gasteiger partial charge in [-0.3, -0.25) is 9.69 Å². The van der Waals surface area contributed by atoms with Crippen molar-refractivity contribution in [3.8, 4) is 0 Å². The molecule has 7 heteroatoms. The monoisotopic (exact) mass is 412 g/mol. The number of thioether (sulfide) groups is 1. The first kappa shape index (κ1) is 21.2. The highest BCUT2D eigenvalue weighted by Gasteiger charge is 2.24. The standard InChI is InChI=1S/C22H28N4O2S/c1-17(21(27)24-19-9-6-10-20(15-19)29-2)23-22(28)26-13-11-25(12-14-26)16-18-7-4-3-5-8-18/h3-10,15,17H,11-14,16H2,1-2H3,(H,23,28)(H,24,27)/t17-/m0/s1. The van der Waals surface area contributed by atoms with Gasteiger partial charge in [-0.2, -0.15) is 0 Å². The third kappa shape index (κ3) is 6.24. The lowest BCUT2D eigenvalue weighted by molar-refractivity contribution is -0.117. The average Bonchev–Trinajstić information content (AvgIpc) is 2.75. The topological polar surface area (TPSA) is 64.7 Å². The van der Waals surface area contributed by atoms with Crippen molar-refractivity contribution in [3.63, 3.8) is 0 Å². The van der Waals surface area contributed by atoms with E-state index < -0.39 is 6.04 Å². The van der Waals surface area contributed by atoms with Gasteiger partial charge in [0.05, 0.1) is 0 Å². The molecule has 0 radical (unpaired) electrons. The van der Waals surface area contributed by atoms with Crippen molar-refractivity contribution in [1.82, 2.24) is 15.1 Å². The summed E-state index contributed by atoms with van der Waals surface area (Å²) in [4.78, 5) is 30.2. The number of hydrogen-bond acceptors (Lipinski definition) is 4. The summed E-state index contributed by atoms with van der Waals surface area (Å²) < 4.78 is 0. The number of carbonyl (C=O) groups excluding carboxylic acids is 2. The van der Waals surface area contributed by atoms with E-state index in [9.17, 15) is 9.59 Å². The Bertz CT molecular complexity index is 823. The minimum Gasteiger partial charge on any atom is -0.326 e. The summed E-state index contributed by atoms with van der Waals surface area (Å²) in [7, 11) is 0. The van der Waals surface area contributed by atoms with E-state index >= 15 is 0 Å². The Labute approximate surface area is 176 Å². The van der Waals surface area contributed by atoms with Crippen LogP contribution >= 0.6 is 11.8 Å². The van der Waals surface area contributed by atoms with E-state index in [0.29, 0.717) is 13.1 Å². The molecule has 0 aromatic heterocycles. The van der Waals surface area contributed by atoms with Gasteiger partial charge >= 0.3 is 6.03 Å². The summed E-state index contributed by atoms with van der Waals surface area (Å²) in [6, 6.07) is 17.2. The molecule has 0 bridgehead atoms. The van der Waals surface area contributed by atoms with Crippen molar-refractivity contribution in [2.75, 3.05) is 37.8 Å². The lowest BCUT2D eigenvalue weighted by atomic mass is 10.2. The minimum atomic E-state index is -0.609. The molecule has 0 aliphatic carbocycles. The summed E-state index contributed by atoms with van der Waals surface area (Å²) in [5.74, 6) is -0.223. The van der Waals surface area contributed by atoms with Crippen molar-refractivity contribution in [1.29, 1.82) is 0 Å². The predicted octanol–water partition coefficient (Wildman–Crippen LogP) is 3.26. The number of nitrogens with one attached hydrogen (secondary N) is 2. The molecule has 2 aromatic rings.